The van der Waals surface area contributed by atoms with Gasteiger partial charge in [-0.25, -0.2) is 4.39 Å². The Hall–Kier alpha value is -2.20. The van der Waals surface area contributed by atoms with Crippen LogP contribution in [0.4, 0.5) is 4.39 Å². The van der Waals surface area contributed by atoms with Crippen LogP contribution in [0, 0.1) is 11.2 Å². The number of hydrogen-bond acceptors (Lipinski definition) is 2. The average Bonchev–Trinajstić information content (AvgIpc) is 2.47. The van der Waals surface area contributed by atoms with E-state index in [1.165, 1.54) is 17.7 Å². The molecule has 0 aliphatic rings. The fourth-order valence-electron chi connectivity index (χ4n) is 2.28. The summed E-state index contributed by atoms with van der Waals surface area (Å²) in [4.78, 5) is 2.22. The molecule has 110 valence electrons. The normalized spacial score (nSPS) is 10.8. The first-order valence-electron chi connectivity index (χ1n) is 6.98. The molecule has 0 heterocycles. The van der Waals surface area contributed by atoms with Crippen LogP contribution < -0.4 is 5.73 Å². The Balaban J connectivity index is 2.13. The van der Waals surface area contributed by atoms with Gasteiger partial charge in [-0.1, -0.05) is 37.3 Å². The molecule has 0 aliphatic carbocycles. The van der Waals surface area contributed by atoms with Crippen LogP contribution in [-0.4, -0.2) is 17.3 Å². The number of nitrogens with zero attached hydrogens (tertiary/aromatic N) is 1. The largest absolute Gasteiger partial charge is 0.384 e. The molecule has 21 heavy (non-hydrogen) atoms. The highest BCUT2D eigenvalue weighted by atomic mass is 19.1. The first kappa shape index (κ1) is 15.2. The third kappa shape index (κ3) is 4.39. The average molecular weight is 285 g/mol. The van der Waals surface area contributed by atoms with E-state index in [9.17, 15) is 4.39 Å². The summed E-state index contributed by atoms with van der Waals surface area (Å²) in [5, 5.41) is 7.43. The van der Waals surface area contributed by atoms with Gasteiger partial charge in [0.15, 0.2) is 0 Å². The summed E-state index contributed by atoms with van der Waals surface area (Å²) >= 11 is 0. The van der Waals surface area contributed by atoms with Gasteiger partial charge in [0.05, 0.1) is 0 Å². The van der Waals surface area contributed by atoms with Crippen LogP contribution >= 0.6 is 0 Å². The van der Waals surface area contributed by atoms with Gasteiger partial charge in [-0.15, -0.1) is 0 Å². The van der Waals surface area contributed by atoms with Crippen LogP contribution in [0.15, 0.2) is 48.5 Å². The van der Waals surface area contributed by atoms with Crippen molar-refractivity contribution >= 4 is 5.84 Å². The topological polar surface area (TPSA) is 53.1 Å². The molecule has 0 saturated heterocycles. The molecule has 0 fully saturated rings. The summed E-state index contributed by atoms with van der Waals surface area (Å²) < 4.78 is 13.6. The maximum atomic E-state index is 13.6. The number of nitrogens with one attached hydrogen (secondary N) is 1. The fourth-order valence-corrected chi connectivity index (χ4v) is 2.28. The highest BCUT2D eigenvalue weighted by molar-refractivity contribution is 5.95. The minimum Gasteiger partial charge on any atom is -0.384 e. The maximum Gasteiger partial charge on any atom is 0.124 e. The van der Waals surface area contributed by atoms with Crippen LogP contribution in [0.25, 0.3) is 0 Å². The van der Waals surface area contributed by atoms with Crippen molar-refractivity contribution in [2.24, 2.45) is 5.73 Å². The van der Waals surface area contributed by atoms with Gasteiger partial charge in [-0.3, -0.25) is 10.3 Å². The summed E-state index contributed by atoms with van der Waals surface area (Å²) in [6.45, 7) is 4.38. The van der Waals surface area contributed by atoms with Gasteiger partial charge in [0.25, 0.3) is 0 Å². The van der Waals surface area contributed by atoms with Crippen LogP contribution in [0.5, 0.6) is 0 Å². The predicted octanol–water partition coefficient (Wildman–Crippen LogP) is 3.13. The number of nitrogens with two attached hydrogens (primary N) is 1. The lowest BCUT2D eigenvalue weighted by Crippen LogP contribution is -2.22. The molecule has 0 spiro atoms. The number of nitrogen functional groups attached to an aromatic ring is 1. The standard InChI is InChI=1S/C17H20FN3/c1-2-21(11-13-6-4-3-5-7-13)12-14-8-15(17(19)20)10-16(18)9-14/h3-10H,2,11-12H2,1H3,(H3,19,20). The molecule has 0 bridgehead atoms. The summed E-state index contributed by atoms with van der Waals surface area (Å²) in [6, 6.07) is 14.7. The van der Waals surface area contributed by atoms with E-state index in [4.69, 9.17) is 11.1 Å². The Morgan fingerprint density at radius 1 is 1.10 bits per heavy atom. The summed E-state index contributed by atoms with van der Waals surface area (Å²) in [6.07, 6.45) is 0. The molecule has 4 heteroatoms. The van der Waals surface area contributed by atoms with Crippen molar-refractivity contribution in [3.8, 4) is 0 Å². The summed E-state index contributed by atoms with van der Waals surface area (Å²) in [5.74, 6) is -0.463. The molecule has 0 unspecified atom stereocenters. The molecular formula is C17H20FN3. The highest BCUT2D eigenvalue weighted by Crippen LogP contribution is 2.13. The van der Waals surface area contributed by atoms with Crippen molar-refractivity contribution in [3.05, 3.63) is 71.0 Å². The molecular weight excluding hydrogens is 265 g/mol. The first-order valence-corrected chi connectivity index (χ1v) is 6.98. The van der Waals surface area contributed by atoms with Crippen molar-refractivity contribution in [3.63, 3.8) is 0 Å². The van der Waals surface area contributed by atoms with E-state index in [0.717, 1.165) is 18.7 Å². The van der Waals surface area contributed by atoms with Gasteiger partial charge >= 0.3 is 0 Å². The Morgan fingerprint density at radius 3 is 2.38 bits per heavy atom. The molecule has 0 aromatic heterocycles. The van der Waals surface area contributed by atoms with Crippen molar-refractivity contribution in [2.75, 3.05) is 6.54 Å². The lowest BCUT2D eigenvalue weighted by Gasteiger charge is -2.21. The van der Waals surface area contributed by atoms with Gasteiger partial charge in [0.2, 0.25) is 0 Å². The molecule has 3 N–H and O–H groups in total. The zero-order valence-corrected chi connectivity index (χ0v) is 12.1. The van der Waals surface area contributed by atoms with Crippen molar-refractivity contribution in [1.29, 1.82) is 5.41 Å². The van der Waals surface area contributed by atoms with E-state index >= 15 is 0 Å². The zero-order chi connectivity index (χ0) is 15.2. The second-order valence-electron chi connectivity index (χ2n) is 5.05. The predicted molar refractivity (Wildman–Crippen MR) is 83.6 cm³/mol. The minimum absolute atomic E-state index is 0.109. The monoisotopic (exact) mass is 285 g/mol. The SMILES string of the molecule is CCN(Cc1ccccc1)Cc1cc(F)cc(C(=N)N)c1. The molecule has 2 aromatic carbocycles. The Morgan fingerprint density at radius 2 is 1.76 bits per heavy atom. The first-order chi connectivity index (χ1) is 10.1. The lowest BCUT2D eigenvalue weighted by molar-refractivity contribution is 0.271. The molecule has 3 nitrogen and oxygen atoms in total. The van der Waals surface area contributed by atoms with Crippen molar-refractivity contribution < 1.29 is 4.39 Å². The van der Waals surface area contributed by atoms with E-state index in [1.54, 1.807) is 6.07 Å². The Kier molecular flexibility index (Phi) is 5.06. The molecule has 0 radical (unpaired) electrons. The quantitative estimate of drug-likeness (QED) is 0.633. The molecule has 0 amide bonds. The van der Waals surface area contributed by atoms with E-state index in [-0.39, 0.29) is 11.7 Å². The molecule has 0 atom stereocenters. The number of benzene rings is 2. The van der Waals surface area contributed by atoms with E-state index in [2.05, 4.69) is 24.0 Å². The third-order valence-corrected chi connectivity index (χ3v) is 3.37. The van der Waals surface area contributed by atoms with E-state index < -0.39 is 0 Å². The van der Waals surface area contributed by atoms with Gasteiger partial charge in [-0.05, 0) is 35.9 Å². The van der Waals surface area contributed by atoms with Crippen LogP contribution in [-0.2, 0) is 13.1 Å². The number of halogens is 1. The molecule has 0 saturated carbocycles. The van der Waals surface area contributed by atoms with E-state index in [0.29, 0.717) is 12.1 Å². The van der Waals surface area contributed by atoms with Crippen molar-refractivity contribution in [1.82, 2.24) is 4.90 Å². The highest BCUT2D eigenvalue weighted by Gasteiger charge is 2.08. The zero-order valence-electron chi connectivity index (χ0n) is 12.1. The fraction of sp³-hybridized carbons (Fsp3) is 0.235. The summed E-state index contributed by atoms with van der Waals surface area (Å²) in [5.41, 5.74) is 7.93. The van der Waals surface area contributed by atoms with Crippen molar-refractivity contribution in [2.45, 2.75) is 20.0 Å². The molecule has 2 aromatic rings. The second kappa shape index (κ2) is 6.99. The minimum atomic E-state index is -0.353. The lowest BCUT2D eigenvalue weighted by atomic mass is 10.1. The van der Waals surface area contributed by atoms with Gasteiger partial charge in [0.1, 0.15) is 11.7 Å². The smallest absolute Gasteiger partial charge is 0.124 e. The summed E-state index contributed by atoms with van der Waals surface area (Å²) in [7, 11) is 0. The number of amidine groups is 1. The van der Waals surface area contributed by atoms with Crippen LogP contribution in [0.2, 0.25) is 0 Å². The van der Waals surface area contributed by atoms with Crippen LogP contribution in [0.3, 0.4) is 0 Å². The van der Waals surface area contributed by atoms with Crippen LogP contribution in [0.1, 0.15) is 23.6 Å². The van der Waals surface area contributed by atoms with Gasteiger partial charge < -0.3 is 5.73 Å². The molecule has 0 aliphatic heterocycles. The third-order valence-electron chi connectivity index (χ3n) is 3.37. The van der Waals surface area contributed by atoms with E-state index in [1.807, 2.05) is 18.2 Å². The Bertz CT molecular complexity index is 611. The second-order valence-corrected chi connectivity index (χ2v) is 5.05. The number of hydrogen-bond donors (Lipinski definition) is 2. The van der Waals surface area contributed by atoms with Gasteiger partial charge in [0, 0.05) is 18.7 Å². The Labute approximate surface area is 124 Å². The molecule has 2 rings (SSSR count). The maximum absolute atomic E-state index is 13.6. The van der Waals surface area contributed by atoms with Gasteiger partial charge in [-0.2, -0.15) is 0 Å². The number of rotatable bonds is 6.